The number of carboxylic acid groups (broad SMARTS) is 1. The molecule has 1 saturated carbocycles. The first-order chi connectivity index (χ1) is 8.63. The van der Waals surface area contributed by atoms with Gasteiger partial charge in [0.25, 0.3) is 0 Å². The molecule has 1 saturated heterocycles. The van der Waals surface area contributed by atoms with E-state index in [4.69, 9.17) is 9.84 Å². The van der Waals surface area contributed by atoms with Crippen molar-refractivity contribution in [3.63, 3.8) is 0 Å². The van der Waals surface area contributed by atoms with Crippen LogP contribution in [0.15, 0.2) is 0 Å². The summed E-state index contributed by atoms with van der Waals surface area (Å²) in [5, 5.41) is 15.0. The molecule has 102 valence electrons. The number of amides is 1. The van der Waals surface area contributed by atoms with Crippen LogP contribution in [0.25, 0.3) is 0 Å². The van der Waals surface area contributed by atoms with Crippen molar-refractivity contribution in [1.82, 2.24) is 10.6 Å². The fraction of sp³-hybridized carbons (Fsp3) is 0.833. The quantitative estimate of drug-likeness (QED) is 0.636. The monoisotopic (exact) mass is 256 g/mol. The van der Waals surface area contributed by atoms with Gasteiger partial charge < -0.3 is 20.5 Å². The number of carbonyl (C=O) groups excluding carboxylic acids is 1. The Balaban J connectivity index is 1.92. The molecule has 18 heavy (non-hydrogen) atoms. The molecule has 1 aliphatic carbocycles. The second-order valence-electron chi connectivity index (χ2n) is 5.03. The SMILES string of the molecule is CNC1COCC1C(=O)NC1CCCC1C(=O)O. The Kier molecular flexibility index (Phi) is 4.19. The van der Waals surface area contributed by atoms with Gasteiger partial charge in [0.15, 0.2) is 0 Å². The molecule has 1 aliphatic heterocycles. The van der Waals surface area contributed by atoms with Crippen LogP contribution in [0.2, 0.25) is 0 Å². The van der Waals surface area contributed by atoms with Crippen molar-refractivity contribution in [1.29, 1.82) is 0 Å². The number of aliphatic carboxylic acids is 1. The highest BCUT2D eigenvalue weighted by Gasteiger charge is 2.38. The van der Waals surface area contributed by atoms with Crippen LogP contribution in [0.3, 0.4) is 0 Å². The van der Waals surface area contributed by atoms with Gasteiger partial charge in [0.05, 0.1) is 25.0 Å². The highest BCUT2D eigenvalue weighted by Crippen LogP contribution is 2.26. The van der Waals surface area contributed by atoms with E-state index in [-0.39, 0.29) is 23.9 Å². The molecule has 0 radical (unpaired) electrons. The van der Waals surface area contributed by atoms with Crippen LogP contribution in [-0.4, -0.2) is 49.3 Å². The minimum Gasteiger partial charge on any atom is -0.481 e. The molecule has 2 rings (SSSR count). The summed E-state index contributed by atoms with van der Waals surface area (Å²) in [6.07, 6.45) is 2.26. The molecule has 0 aromatic heterocycles. The Morgan fingerprint density at radius 1 is 1.17 bits per heavy atom. The summed E-state index contributed by atoms with van der Waals surface area (Å²) in [4.78, 5) is 23.2. The summed E-state index contributed by atoms with van der Waals surface area (Å²) in [5.41, 5.74) is 0. The molecule has 2 fully saturated rings. The average molecular weight is 256 g/mol. The molecule has 4 unspecified atom stereocenters. The molecule has 2 aliphatic rings. The van der Waals surface area contributed by atoms with Gasteiger partial charge >= 0.3 is 5.97 Å². The summed E-state index contributed by atoms with van der Waals surface area (Å²) in [6, 6.07) is -0.206. The van der Waals surface area contributed by atoms with Crippen LogP contribution < -0.4 is 10.6 Å². The number of hydrogen-bond donors (Lipinski definition) is 3. The summed E-state index contributed by atoms with van der Waals surface area (Å²) < 4.78 is 5.28. The molecular weight excluding hydrogens is 236 g/mol. The van der Waals surface area contributed by atoms with Gasteiger partial charge in [0.1, 0.15) is 0 Å². The minimum atomic E-state index is -0.814. The first-order valence-corrected chi connectivity index (χ1v) is 6.41. The standard InChI is InChI=1S/C12H20N2O4/c1-13-10-6-18-5-8(10)11(15)14-9-4-2-3-7(9)12(16)17/h7-10,13H,2-6H2,1H3,(H,14,15)(H,16,17). The molecule has 0 aromatic rings. The number of rotatable bonds is 4. The number of nitrogens with one attached hydrogen (secondary N) is 2. The third-order valence-corrected chi connectivity index (χ3v) is 3.95. The zero-order valence-electron chi connectivity index (χ0n) is 10.5. The van der Waals surface area contributed by atoms with Crippen molar-refractivity contribution in [3.05, 3.63) is 0 Å². The van der Waals surface area contributed by atoms with Gasteiger partial charge in [-0.3, -0.25) is 9.59 Å². The van der Waals surface area contributed by atoms with Crippen LogP contribution in [-0.2, 0) is 14.3 Å². The molecule has 3 N–H and O–H groups in total. The average Bonchev–Trinajstić information content (AvgIpc) is 2.96. The van der Waals surface area contributed by atoms with Crippen molar-refractivity contribution < 1.29 is 19.4 Å². The van der Waals surface area contributed by atoms with Gasteiger partial charge in [0, 0.05) is 12.1 Å². The number of ether oxygens (including phenoxy) is 1. The van der Waals surface area contributed by atoms with Crippen molar-refractivity contribution in [2.45, 2.75) is 31.3 Å². The van der Waals surface area contributed by atoms with E-state index < -0.39 is 11.9 Å². The van der Waals surface area contributed by atoms with Gasteiger partial charge in [-0.15, -0.1) is 0 Å². The topological polar surface area (TPSA) is 87.7 Å². The first kappa shape index (κ1) is 13.3. The predicted octanol–water partition coefficient (Wildman–Crippen LogP) is -0.410. The highest BCUT2D eigenvalue weighted by molar-refractivity contribution is 5.81. The van der Waals surface area contributed by atoms with Crippen LogP contribution in [0.4, 0.5) is 0 Å². The third kappa shape index (κ3) is 2.64. The van der Waals surface area contributed by atoms with Gasteiger partial charge in [-0.05, 0) is 19.9 Å². The predicted molar refractivity (Wildman–Crippen MR) is 64.1 cm³/mol. The maximum Gasteiger partial charge on any atom is 0.308 e. The van der Waals surface area contributed by atoms with Crippen molar-refractivity contribution in [2.24, 2.45) is 11.8 Å². The minimum absolute atomic E-state index is 0.0229. The van der Waals surface area contributed by atoms with Crippen LogP contribution in [0.1, 0.15) is 19.3 Å². The molecule has 0 spiro atoms. The normalized spacial score (nSPS) is 35.6. The van der Waals surface area contributed by atoms with E-state index in [0.29, 0.717) is 19.6 Å². The Morgan fingerprint density at radius 3 is 2.61 bits per heavy atom. The van der Waals surface area contributed by atoms with Gasteiger partial charge in [-0.1, -0.05) is 6.42 Å². The number of carboxylic acids is 1. The molecule has 1 amide bonds. The van der Waals surface area contributed by atoms with Gasteiger partial charge in [-0.2, -0.15) is 0 Å². The molecule has 6 heteroatoms. The van der Waals surface area contributed by atoms with E-state index >= 15 is 0 Å². The van der Waals surface area contributed by atoms with Crippen molar-refractivity contribution in [2.75, 3.05) is 20.3 Å². The van der Waals surface area contributed by atoms with Gasteiger partial charge in [-0.25, -0.2) is 0 Å². The van der Waals surface area contributed by atoms with E-state index in [1.165, 1.54) is 0 Å². The van der Waals surface area contributed by atoms with E-state index in [1.54, 1.807) is 7.05 Å². The Labute approximate surface area is 106 Å². The largest absolute Gasteiger partial charge is 0.481 e. The lowest BCUT2D eigenvalue weighted by atomic mass is 10.00. The van der Waals surface area contributed by atoms with Crippen molar-refractivity contribution in [3.8, 4) is 0 Å². The molecular formula is C12H20N2O4. The van der Waals surface area contributed by atoms with Gasteiger partial charge in [0.2, 0.25) is 5.91 Å². The second-order valence-corrected chi connectivity index (χ2v) is 5.03. The fourth-order valence-electron chi connectivity index (χ4n) is 2.82. The van der Waals surface area contributed by atoms with E-state index in [2.05, 4.69) is 10.6 Å². The summed E-state index contributed by atoms with van der Waals surface area (Å²) >= 11 is 0. The Hall–Kier alpha value is -1.14. The lowest BCUT2D eigenvalue weighted by Crippen LogP contribution is -2.48. The summed E-state index contributed by atoms with van der Waals surface area (Å²) in [5.74, 6) is -1.56. The van der Waals surface area contributed by atoms with E-state index in [0.717, 1.165) is 12.8 Å². The molecule has 6 nitrogen and oxygen atoms in total. The maximum absolute atomic E-state index is 12.1. The fourth-order valence-corrected chi connectivity index (χ4v) is 2.82. The lowest BCUT2D eigenvalue weighted by Gasteiger charge is -2.22. The van der Waals surface area contributed by atoms with Crippen LogP contribution in [0, 0.1) is 11.8 Å². The van der Waals surface area contributed by atoms with Crippen LogP contribution >= 0.6 is 0 Å². The number of likely N-dealkylation sites (N-methyl/N-ethyl adjacent to an activating group) is 1. The first-order valence-electron chi connectivity index (χ1n) is 6.41. The zero-order chi connectivity index (χ0) is 13.1. The van der Waals surface area contributed by atoms with Crippen LogP contribution in [0.5, 0.6) is 0 Å². The molecule has 0 bridgehead atoms. The Morgan fingerprint density at radius 2 is 1.94 bits per heavy atom. The lowest BCUT2D eigenvalue weighted by molar-refractivity contribution is -0.142. The van der Waals surface area contributed by atoms with E-state index in [9.17, 15) is 9.59 Å². The zero-order valence-corrected chi connectivity index (χ0v) is 10.5. The summed E-state index contributed by atoms with van der Waals surface area (Å²) in [6.45, 7) is 0.934. The van der Waals surface area contributed by atoms with Crippen molar-refractivity contribution >= 4 is 11.9 Å². The van der Waals surface area contributed by atoms with E-state index in [1.807, 2.05) is 0 Å². The molecule has 1 heterocycles. The molecule has 4 atom stereocenters. The second kappa shape index (κ2) is 5.67. The maximum atomic E-state index is 12.1. The highest BCUT2D eigenvalue weighted by atomic mass is 16.5. The molecule has 0 aromatic carbocycles. The summed E-state index contributed by atoms with van der Waals surface area (Å²) in [7, 11) is 1.80. The number of hydrogen-bond acceptors (Lipinski definition) is 4. The third-order valence-electron chi connectivity index (χ3n) is 3.95. The Bertz CT molecular complexity index is 334. The number of carbonyl (C=O) groups is 2. The smallest absolute Gasteiger partial charge is 0.308 e.